The van der Waals surface area contributed by atoms with Crippen molar-refractivity contribution in [2.24, 2.45) is 0 Å². The van der Waals surface area contributed by atoms with Crippen LogP contribution in [-0.4, -0.2) is 27.0 Å². The normalized spacial score (nSPS) is 11.0. The molecule has 2 heterocycles. The summed E-state index contributed by atoms with van der Waals surface area (Å²) in [4.78, 5) is 17.7. The molecule has 1 N–H and O–H groups in total. The summed E-state index contributed by atoms with van der Waals surface area (Å²) in [5.41, 5.74) is 5.76. The number of aromatic nitrogens is 4. The lowest BCUT2D eigenvalue weighted by Crippen LogP contribution is -1.96. The topological polar surface area (TPSA) is 63.7 Å². The summed E-state index contributed by atoms with van der Waals surface area (Å²) < 4.78 is 5.29. The molecular weight excluding hydrogens is 404 g/mol. The van der Waals surface area contributed by atoms with Gasteiger partial charge >= 0.3 is 0 Å². The number of fused-ring (bicyclic) bond motifs is 1. The Kier molecular flexibility index (Phi) is 5.37. The molecule has 0 aliphatic heterocycles. The quantitative estimate of drug-likeness (QED) is 0.268. The molecule has 5 nitrogen and oxygen atoms in total. The number of benzene rings is 3. The van der Waals surface area contributed by atoms with E-state index >= 15 is 0 Å². The van der Waals surface area contributed by atoms with Crippen LogP contribution in [0.4, 0.5) is 0 Å². The number of nitrogens with one attached hydrogen (secondary N) is 1. The van der Waals surface area contributed by atoms with E-state index in [4.69, 9.17) is 19.7 Å². The number of hydrogen-bond acceptors (Lipinski definition) is 5. The zero-order valence-corrected chi connectivity index (χ0v) is 17.8. The van der Waals surface area contributed by atoms with Gasteiger partial charge < -0.3 is 9.72 Å². The van der Waals surface area contributed by atoms with Crippen LogP contribution in [-0.2, 0) is 5.75 Å². The minimum Gasteiger partial charge on any atom is -0.497 e. The third-order valence-corrected chi connectivity index (χ3v) is 5.85. The van der Waals surface area contributed by atoms with Crippen molar-refractivity contribution in [2.45, 2.75) is 10.9 Å². The molecule has 2 aromatic heterocycles. The Morgan fingerprint density at radius 1 is 0.806 bits per heavy atom. The average Bonchev–Trinajstić information content (AvgIpc) is 3.28. The van der Waals surface area contributed by atoms with Crippen LogP contribution in [0.15, 0.2) is 90.1 Å². The first-order valence-electron chi connectivity index (χ1n) is 9.94. The largest absolute Gasteiger partial charge is 0.497 e. The molecule has 0 aliphatic rings. The van der Waals surface area contributed by atoms with Gasteiger partial charge in [0.25, 0.3) is 0 Å². The molecule has 0 spiro atoms. The van der Waals surface area contributed by atoms with E-state index in [9.17, 15) is 0 Å². The van der Waals surface area contributed by atoms with Crippen molar-refractivity contribution in [2.75, 3.05) is 7.11 Å². The molecule has 0 atom stereocenters. The van der Waals surface area contributed by atoms with Gasteiger partial charge in [0.15, 0.2) is 11.0 Å². The van der Waals surface area contributed by atoms with Gasteiger partial charge in [0.2, 0.25) is 0 Å². The van der Waals surface area contributed by atoms with Crippen molar-refractivity contribution < 1.29 is 4.74 Å². The van der Waals surface area contributed by atoms with Crippen LogP contribution in [0.3, 0.4) is 0 Å². The molecule has 3 aromatic carbocycles. The molecule has 0 unspecified atom stereocenters. The fourth-order valence-corrected chi connectivity index (χ4v) is 4.13. The van der Waals surface area contributed by atoms with E-state index in [2.05, 4.69) is 17.1 Å². The van der Waals surface area contributed by atoms with Crippen LogP contribution in [0.2, 0.25) is 0 Å². The van der Waals surface area contributed by atoms with Gasteiger partial charge in [-0.1, -0.05) is 54.2 Å². The van der Waals surface area contributed by atoms with Crippen molar-refractivity contribution in [1.82, 2.24) is 19.9 Å². The van der Waals surface area contributed by atoms with E-state index in [0.29, 0.717) is 5.16 Å². The number of nitrogens with zero attached hydrogens (tertiary/aromatic N) is 3. The smallest absolute Gasteiger partial charge is 0.189 e. The van der Waals surface area contributed by atoms with Gasteiger partial charge in [-0.3, -0.25) is 0 Å². The Hall–Kier alpha value is -3.64. The summed E-state index contributed by atoms with van der Waals surface area (Å²) in [7, 11) is 1.66. The Labute approximate surface area is 184 Å². The first-order valence-corrected chi connectivity index (χ1v) is 10.9. The van der Waals surface area contributed by atoms with E-state index < -0.39 is 0 Å². The Balaban J connectivity index is 1.55. The molecule has 0 fully saturated rings. The van der Waals surface area contributed by atoms with E-state index in [0.717, 1.165) is 45.3 Å². The summed E-state index contributed by atoms with van der Waals surface area (Å²) in [5.74, 6) is 2.35. The molecule has 5 aromatic rings. The highest BCUT2D eigenvalue weighted by Gasteiger charge is 2.13. The zero-order chi connectivity index (χ0) is 21.0. The highest BCUT2D eigenvalue weighted by atomic mass is 32.2. The van der Waals surface area contributed by atoms with Gasteiger partial charge in [-0.2, -0.15) is 0 Å². The summed E-state index contributed by atoms with van der Waals surface area (Å²) >= 11 is 1.62. The molecule has 6 heteroatoms. The number of hydrogen-bond donors (Lipinski definition) is 1. The maximum Gasteiger partial charge on any atom is 0.189 e. The molecule has 31 heavy (non-hydrogen) atoms. The monoisotopic (exact) mass is 424 g/mol. The summed E-state index contributed by atoms with van der Waals surface area (Å²) in [6, 6.07) is 28.2. The molecule has 0 amide bonds. The van der Waals surface area contributed by atoms with Crippen LogP contribution in [0.1, 0.15) is 5.56 Å². The standard InChI is InChI=1S/C25H20N4OS/c1-30-19-13-11-18(12-14-19)22-15-23(24-26-20-9-5-6-10-21(20)27-24)29-25(28-22)31-16-17-7-3-2-4-8-17/h2-15H,16H2,1H3,(H,26,27). The fraction of sp³-hybridized carbons (Fsp3) is 0.0800. The van der Waals surface area contributed by atoms with Crippen molar-refractivity contribution in [3.05, 3.63) is 90.5 Å². The van der Waals surface area contributed by atoms with Gasteiger partial charge in [-0.25, -0.2) is 15.0 Å². The van der Waals surface area contributed by atoms with Crippen LogP contribution in [0.5, 0.6) is 5.75 Å². The number of aromatic amines is 1. The van der Waals surface area contributed by atoms with E-state index in [1.165, 1.54) is 5.56 Å². The number of H-pyrrole nitrogens is 1. The minimum atomic E-state index is 0.715. The third kappa shape index (κ3) is 4.29. The lowest BCUT2D eigenvalue weighted by Gasteiger charge is -2.08. The fourth-order valence-electron chi connectivity index (χ4n) is 3.32. The second kappa shape index (κ2) is 8.62. The van der Waals surface area contributed by atoms with Gasteiger partial charge in [0.1, 0.15) is 11.4 Å². The molecule has 0 saturated carbocycles. The van der Waals surface area contributed by atoms with Crippen molar-refractivity contribution in [3.8, 4) is 28.5 Å². The van der Waals surface area contributed by atoms with Crippen LogP contribution in [0, 0.1) is 0 Å². The van der Waals surface area contributed by atoms with E-state index in [1.807, 2.05) is 72.8 Å². The predicted molar refractivity (Wildman–Crippen MR) is 125 cm³/mol. The average molecular weight is 425 g/mol. The lowest BCUT2D eigenvalue weighted by molar-refractivity contribution is 0.415. The number of ether oxygens (including phenoxy) is 1. The van der Waals surface area contributed by atoms with Crippen molar-refractivity contribution in [1.29, 1.82) is 0 Å². The molecule has 0 aliphatic carbocycles. The van der Waals surface area contributed by atoms with E-state index in [1.54, 1.807) is 18.9 Å². The van der Waals surface area contributed by atoms with Crippen molar-refractivity contribution >= 4 is 22.8 Å². The number of imidazole rings is 1. The van der Waals surface area contributed by atoms with Crippen molar-refractivity contribution in [3.63, 3.8) is 0 Å². The Morgan fingerprint density at radius 3 is 2.32 bits per heavy atom. The summed E-state index contributed by atoms with van der Waals surface area (Å²) in [6.45, 7) is 0. The van der Waals surface area contributed by atoms with E-state index in [-0.39, 0.29) is 0 Å². The maximum absolute atomic E-state index is 5.29. The summed E-state index contributed by atoms with van der Waals surface area (Å²) in [5, 5.41) is 0.715. The number of thioether (sulfide) groups is 1. The molecule has 0 radical (unpaired) electrons. The molecule has 0 bridgehead atoms. The second-order valence-electron chi connectivity index (χ2n) is 7.03. The summed E-state index contributed by atoms with van der Waals surface area (Å²) in [6.07, 6.45) is 0. The molecule has 5 rings (SSSR count). The van der Waals surface area contributed by atoms with Gasteiger partial charge in [-0.15, -0.1) is 0 Å². The number of methoxy groups -OCH3 is 1. The second-order valence-corrected chi connectivity index (χ2v) is 7.97. The molecule has 152 valence electrons. The number of para-hydroxylation sites is 2. The van der Waals surface area contributed by atoms with Crippen LogP contribution < -0.4 is 4.74 Å². The van der Waals surface area contributed by atoms with Gasteiger partial charge in [0.05, 0.1) is 23.8 Å². The Morgan fingerprint density at radius 2 is 1.55 bits per heavy atom. The molecule has 0 saturated heterocycles. The highest BCUT2D eigenvalue weighted by Crippen LogP contribution is 2.29. The predicted octanol–water partition coefficient (Wildman–Crippen LogP) is 5.99. The Bertz CT molecular complexity index is 1280. The van der Waals surface area contributed by atoms with Gasteiger partial charge in [0, 0.05) is 11.3 Å². The van der Waals surface area contributed by atoms with Crippen LogP contribution >= 0.6 is 11.8 Å². The van der Waals surface area contributed by atoms with Crippen LogP contribution in [0.25, 0.3) is 33.8 Å². The highest BCUT2D eigenvalue weighted by molar-refractivity contribution is 7.98. The first kappa shape index (κ1) is 19.3. The minimum absolute atomic E-state index is 0.715. The number of rotatable bonds is 6. The third-order valence-electron chi connectivity index (χ3n) is 4.93. The lowest BCUT2D eigenvalue weighted by atomic mass is 10.1. The zero-order valence-electron chi connectivity index (χ0n) is 16.9. The first-order chi connectivity index (χ1) is 15.3. The SMILES string of the molecule is COc1ccc(-c2cc(-c3nc4ccccc4[nH]3)nc(SCc3ccccc3)n2)cc1. The maximum atomic E-state index is 5.29. The molecular formula is C25H20N4OS. The van der Waals surface area contributed by atoms with Gasteiger partial charge in [-0.05, 0) is 48.0 Å².